The monoisotopic (exact) mass is 260 g/mol. The van der Waals surface area contributed by atoms with Crippen molar-refractivity contribution in [2.24, 2.45) is 11.7 Å². The molecule has 1 saturated carbocycles. The summed E-state index contributed by atoms with van der Waals surface area (Å²) < 4.78 is 5.80. The molecule has 2 unspecified atom stereocenters. The van der Waals surface area contributed by atoms with Crippen LogP contribution in [0.5, 0.6) is 0 Å². The maximum Gasteiger partial charge on any atom is 0.248 e. The van der Waals surface area contributed by atoms with E-state index in [1.54, 1.807) is 12.1 Å². The van der Waals surface area contributed by atoms with E-state index in [1.165, 1.54) is 18.4 Å². The molecular formula is C15H20N2O2. The van der Waals surface area contributed by atoms with Gasteiger partial charge in [-0.2, -0.15) is 0 Å². The number of hydrogen-bond acceptors (Lipinski definition) is 3. The lowest BCUT2D eigenvalue weighted by molar-refractivity contribution is 0.0809. The molecular weight excluding hydrogens is 240 g/mol. The minimum atomic E-state index is -0.377. The summed E-state index contributed by atoms with van der Waals surface area (Å²) in [5.74, 6) is 0.398. The van der Waals surface area contributed by atoms with Crippen molar-refractivity contribution in [1.29, 1.82) is 0 Å². The van der Waals surface area contributed by atoms with Gasteiger partial charge in [0.05, 0.1) is 6.10 Å². The molecule has 102 valence electrons. The lowest BCUT2D eigenvalue weighted by Crippen LogP contribution is -2.37. The molecule has 2 aliphatic rings. The molecule has 1 aromatic rings. The molecule has 1 saturated heterocycles. The average molecular weight is 260 g/mol. The maximum absolute atomic E-state index is 11.0. The van der Waals surface area contributed by atoms with Gasteiger partial charge in [0.15, 0.2) is 0 Å². The van der Waals surface area contributed by atoms with Gasteiger partial charge in [-0.1, -0.05) is 12.1 Å². The number of carbonyl (C=O) groups excluding carboxylic acids is 1. The first kappa shape index (κ1) is 12.6. The lowest BCUT2D eigenvalue weighted by Gasteiger charge is -2.19. The number of benzene rings is 1. The Morgan fingerprint density at radius 2 is 2.00 bits per heavy atom. The van der Waals surface area contributed by atoms with E-state index in [1.807, 2.05) is 12.1 Å². The van der Waals surface area contributed by atoms with Crippen LogP contribution in [0.1, 0.15) is 35.2 Å². The fraction of sp³-hybridized carbons (Fsp3) is 0.533. The fourth-order valence-corrected chi connectivity index (χ4v) is 2.75. The summed E-state index contributed by atoms with van der Waals surface area (Å²) in [6, 6.07) is 7.94. The number of ether oxygens (including phenoxy) is 1. The van der Waals surface area contributed by atoms with E-state index in [0.29, 0.717) is 17.7 Å². The third kappa shape index (κ3) is 2.96. The fourth-order valence-electron chi connectivity index (χ4n) is 2.75. The Hall–Kier alpha value is -1.39. The second-order valence-corrected chi connectivity index (χ2v) is 5.51. The zero-order chi connectivity index (χ0) is 13.2. The van der Waals surface area contributed by atoms with Crippen molar-refractivity contribution >= 4 is 5.91 Å². The molecule has 19 heavy (non-hydrogen) atoms. The molecule has 2 atom stereocenters. The molecule has 3 rings (SSSR count). The van der Waals surface area contributed by atoms with Crippen LogP contribution < -0.4 is 11.1 Å². The van der Waals surface area contributed by atoms with E-state index < -0.39 is 0 Å². The van der Waals surface area contributed by atoms with Crippen LogP contribution in [0.2, 0.25) is 0 Å². The van der Waals surface area contributed by atoms with Gasteiger partial charge in [0, 0.05) is 24.8 Å². The van der Waals surface area contributed by atoms with Gasteiger partial charge in [0.1, 0.15) is 0 Å². The Kier molecular flexibility index (Phi) is 3.53. The SMILES string of the molecule is NC(=O)c1ccc(CNC2CCOC2C2CC2)cc1. The second kappa shape index (κ2) is 5.31. The topological polar surface area (TPSA) is 64.4 Å². The lowest BCUT2D eigenvalue weighted by atomic mass is 10.1. The van der Waals surface area contributed by atoms with Gasteiger partial charge in [-0.25, -0.2) is 0 Å². The number of carbonyl (C=O) groups is 1. The summed E-state index contributed by atoms with van der Waals surface area (Å²) in [7, 11) is 0. The number of amides is 1. The van der Waals surface area contributed by atoms with Crippen LogP contribution in [0.15, 0.2) is 24.3 Å². The standard InChI is InChI=1S/C15H20N2O2/c16-15(18)12-3-1-10(2-4-12)9-17-13-7-8-19-14(13)11-5-6-11/h1-4,11,13-14,17H,5-9H2,(H2,16,18). The minimum Gasteiger partial charge on any atom is -0.376 e. The van der Waals surface area contributed by atoms with Gasteiger partial charge in [-0.15, -0.1) is 0 Å². The number of hydrogen-bond donors (Lipinski definition) is 2. The Balaban J connectivity index is 1.55. The second-order valence-electron chi connectivity index (χ2n) is 5.51. The third-order valence-corrected chi connectivity index (χ3v) is 4.03. The number of rotatable bonds is 5. The summed E-state index contributed by atoms with van der Waals surface area (Å²) in [4.78, 5) is 11.0. The number of nitrogens with two attached hydrogens (primary N) is 1. The van der Waals surface area contributed by atoms with Gasteiger partial charge in [-0.05, 0) is 42.9 Å². The molecule has 2 fully saturated rings. The molecule has 4 nitrogen and oxygen atoms in total. The predicted molar refractivity (Wildman–Crippen MR) is 72.7 cm³/mol. The van der Waals surface area contributed by atoms with Crippen LogP contribution in [-0.2, 0) is 11.3 Å². The molecule has 1 aliphatic carbocycles. The van der Waals surface area contributed by atoms with Crippen LogP contribution in [0, 0.1) is 5.92 Å². The zero-order valence-corrected chi connectivity index (χ0v) is 11.0. The van der Waals surface area contributed by atoms with Crippen molar-refractivity contribution in [2.75, 3.05) is 6.61 Å². The van der Waals surface area contributed by atoms with Gasteiger partial charge in [0.2, 0.25) is 5.91 Å². The van der Waals surface area contributed by atoms with Crippen molar-refractivity contribution in [3.05, 3.63) is 35.4 Å². The van der Waals surface area contributed by atoms with Crippen molar-refractivity contribution in [2.45, 2.75) is 38.0 Å². The summed E-state index contributed by atoms with van der Waals surface area (Å²) in [6.45, 7) is 1.69. The highest BCUT2D eigenvalue weighted by Crippen LogP contribution is 2.38. The van der Waals surface area contributed by atoms with E-state index in [9.17, 15) is 4.79 Å². The minimum absolute atomic E-state index is 0.377. The maximum atomic E-state index is 11.0. The van der Waals surface area contributed by atoms with Crippen molar-refractivity contribution in [3.8, 4) is 0 Å². The Bertz CT molecular complexity index is 454. The summed E-state index contributed by atoms with van der Waals surface area (Å²) in [6.07, 6.45) is 4.14. The van der Waals surface area contributed by atoms with E-state index >= 15 is 0 Å². The first-order valence-electron chi connectivity index (χ1n) is 6.98. The molecule has 0 bridgehead atoms. The average Bonchev–Trinajstić information content (AvgIpc) is 3.16. The first-order valence-corrected chi connectivity index (χ1v) is 6.98. The molecule has 0 aromatic heterocycles. The largest absolute Gasteiger partial charge is 0.376 e. The van der Waals surface area contributed by atoms with Gasteiger partial charge in [-0.3, -0.25) is 4.79 Å². The molecule has 0 spiro atoms. The summed E-state index contributed by atoms with van der Waals surface area (Å²) >= 11 is 0. The Morgan fingerprint density at radius 3 is 2.63 bits per heavy atom. The highest BCUT2D eigenvalue weighted by atomic mass is 16.5. The Morgan fingerprint density at radius 1 is 1.26 bits per heavy atom. The first-order chi connectivity index (χ1) is 9.24. The highest BCUT2D eigenvalue weighted by Gasteiger charge is 2.40. The zero-order valence-electron chi connectivity index (χ0n) is 11.0. The molecule has 0 radical (unpaired) electrons. The molecule has 3 N–H and O–H groups in total. The van der Waals surface area contributed by atoms with Crippen LogP contribution >= 0.6 is 0 Å². The van der Waals surface area contributed by atoms with Crippen LogP contribution in [-0.4, -0.2) is 24.7 Å². The van der Waals surface area contributed by atoms with Crippen LogP contribution in [0.4, 0.5) is 0 Å². The van der Waals surface area contributed by atoms with E-state index in [4.69, 9.17) is 10.5 Å². The quantitative estimate of drug-likeness (QED) is 0.842. The third-order valence-electron chi connectivity index (χ3n) is 4.03. The van der Waals surface area contributed by atoms with Crippen LogP contribution in [0.25, 0.3) is 0 Å². The summed E-state index contributed by atoms with van der Waals surface area (Å²) in [5.41, 5.74) is 6.96. The predicted octanol–water partition coefficient (Wildman–Crippen LogP) is 1.44. The van der Waals surface area contributed by atoms with Crippen molar-refractivity contribution in [3.63, 3.8) is 0 Å². The van der Waals surface area contributed by atoms with Gasteiger partial charge >= 0.3 is 0 Å². The molecule has 1 aromatic carbocycles. The molecule has 1 amide bonds. The van der Waals surface area contributed by atoms with Crippen molar-refractivity contribution in [1.82, 2.24) is 5.32 Å². The molecule has 1 aliphatic heterocycles. The van der Waals surface area contributed by atoms with Gasteiger partial charge in [0.25, 0.3) is 0 Å². The van der Waals surface area contributed by atoms with Crippen molar-refractivity contribution < 1.29 is 9.53 Å². The number of nitrogens with one attached hydrogen (secondary N) is 1. The highest BCUT2D eigenvalue weighted by molar-refractivity contribution is 5.92. The van der Waals surface area contributed by atoms with Crippen LogP contribution in [0.3, 0.4) is 0 Å². The van der Waals surface area contributed by atoms with E-state index in [0.717, 1.165) is 25.5 Å². The van der Waals surface area contributed by atoms with E-state index in [2.05, 4.69) is 5.32 Å². The molecule has 1 heterocycles. The normalized spacial score (nSPS) is 26.5. The molecule has 4 heteroatoms. The number of primary amides is 1. The van der Waals surface area contributed by atoms with E-state index in [-0.39, 0.29) is 5.91 Å². The smallest absolute Gasteiger partial charge is 0.248 e. The van der Waals surface area contributed by atoms with Gasteiger partial charge < -0.3 is 15.8 Å². The summed E-state index contributed by atoms with van der Waals surface area (Å²) in [5, 5.41) is 3.58. The Labute approximate surface area is 113 Å².